The number of aryl methyl sites for hydroxylation is 1. The smallest absolute Gasteiger partial charge is 0.137 e. The molecule has 0 saturated carbocycles. The van der Waals surface area contributed by atoms with Crippen molar-refractivity contribution in [3.8, 4) is 10.4 Å². The van der Waals surface area contributed by atoms with E-state index in [0.29, 0.717) is 10.4 Å². The van der Waals surface area contributed by atoms with Crippen molar-refractivity contribution in [1.82, 2.24) is 5.32 Å². The molecule has 0 saturated heterocycles. The summed E-state index contributed by atoms with van der Waals surface area (Å²) in [5.41, 5.74) is 0.547. The van der Waals surface area contributed by atoms with Gasteiger partial charge < -0.3 is 5.32 Å². The lowest BCUT2D eigenvalue weighted by atomic mass is 10.1. The van der Waals surface area contributed by atoms with E-state index in [-0.39, 0.29) is 11.6 Å². The van der Waals surface area contributed by atoms with Crippen LogP contribution in [0.4, 0.5) is 8.78 Å². The van der Waals surface area contributed by atoms with E-state index in [2.05, 4.69) is 5.32 Å². The predicted octanol–water partition coefficient (Wildman–Crippen LogP) is 4.67. The summed E-state index contributed by atoms with van der Waals surface area (Å²) in [7, 11) is 0. The zero-order valence-electron chi connectivity index (χ0n) is 11.3. The molecule has 2 rings (SSSR count). The minimum absolute atomic E-state index is 0.0833. The first-order valence-electron chi connectivity index (χ1n) is 6.32. The molecule has 0 aliphatic rings. The molecule has 1 atom stereocenters. The molecule has 1 unspecified atom stereocenters. The lowest BCUT2D eigenvalue weighted by Gasteiger charge is -2.09. The van der Waals surface area contributed by atoms with Gasteiger partial charge in [-0.1, -0.05) is 13.0 Å². The molecule has 0 aliphatic carbocycles. The Bertz CT molecular complexity index is 578. The van der Waals surface area contributed by atoms with Gasteiger partial charge in [0.2, 0.25) is 0 Å². The SMILES string of the molecule is CCNC(C)c1ccc(-c2c(F)ccc(C)c2F)s1. The van der Waals surface area contributed by atoms with Gasteiger partial charge in [0.25, 0.3) is 0 Å². The number of rotatable bonds is 4. The normalized spacial score (nSPS) is 12.7. The van der Waals surface area contributed by atoms with Crippen LogP contribution in [0.5, 0.6) is 0 Å². The van der Waals surface area contributed by atoms with Crippen LogP contribution in [0, 0.1) is 18.6 Å². The van der Waals surface area contributed by atoms with Gasteiger partial charge in [-0.25, -0.2) is 8.78 Å². The average Bonchev–Trinajstić information content (AvgIpc) is 2.84. The molecule has 1 aromatic heterocycles. The summed E-state index contributed by atoms with van der Waals surface area (Å²) in [6.45, 7) is 6.59. The molecule has 0 spiro atoms. The fraction of sp³-hybridized carbons (Fsp3) is 0.333. The molecule has 0 radical (unpaired) electrons. The largest absolute Gasteiger partial charge is 0.310 e. The number of thiophene rings is 1. The first-order chi connectivity index (χ1) is 9.04. The molecule has 102 valence electrons. The second-order valence-corrected chi connectivity index (χ2v) is 5.65. The topological polar surface area (TPSA) is 12.0 Å². The van der Waals surface area contributed by atoms with Crippen LogP contribution in [0.3, 0.4) is 0 Å². The Hall–Kier alpha value is -1.26. The highest BCUT2D eigenvalue weighted by Crippen LogP contribution is 2.35. The van der Waals surface area contributed by atoms with E-state index in [9.17, 15) is 8.78 Å². The Kier molecular flexibility index (Phi) is 4.32. The van der Waals surface area contributed by atoms with E-state index in [4.69, 9.17) is 0 Å². The third-order valence-corrected chi connectivity index (χ3v) is 4.38. The molecular formula is C15H17F2NS. The van der Waals surface area contributed by atoms with Gasteiger partial charge in [0.15, 0.2) is 0 Å². The summed E-state index contributed by atoms with van der Waals surface area (Å²) >= 11 is 1.43. The third kappa shape index (κ3) is 2.85. The Morgan fingerprint density at radius 2 is 1.95 bits per heavy atom. The second kappa shape index (κ2) is 5.80. The van der Waals surface area contributed by atoms with Crippen LogP contribution in [0.2, 0.25) is 0 Å². The summed E-state index contributed by atoms with van der Waals surface area (Å²) in [5, 5.41) is 3.29. The lowest BCUT2D eigenvalue weighted by molar-refractivity contribution is 0.584. The highest BCUT2D eigenvalue weighted by atomic mass is 32.1. The maximum atomic E-state index is 14.1. The standard InChI is InChI=1S/C15H17F2NS/c1-4-18-10(3)12-7-8-13(19-12)14-11(16)6-5-9(2)15(14)17/h5-8,10,18H,4H2,1-3H3. The quantitative estimate of drug-likeness (QED) is 0.858. The molecule has 1 N–H and O–H groups in total. The Morgan fingerprint density at radius 1 is 1.21 bits per heavy atom. The highest BCUT2D eigenvalue weighted by molar-refractivity contribution is 7.15. The van der Waals surface area contributed by atoms with E-state index in [1.54, 1.807) is 13.0 Å². The number of halogens is 2. The molecule has 19 heavy (non-hydrogen) atoms. The van der Waals surface area contributed by atoms with Crippen LogP contribution in [-0.4, -0.2) is 6.54 Å². The van der Waals surface area contributed by atoms with Gasteiger partial charge in [-0.05, 0) is 44.2 Å². The first-order valence-corrected chi connectivity index (χ1v) is 7.14. The highest BCUT2D eigenvalue weighted by Gasteiger charge is 2.16. The summed E-state index contributed by atoms with van der Waals surface area (Å²) in [6.07, 6.45) is 0. The molecule has 0 bridgehead atoms. The number of hydrogen-bond donors (Lipinski definition) is 1. The summed E-state index contributed by atoms with van der Waals surface area (Å²) in [6, 6.07) is 6.69. The van der Waals surface area contributed by atoms with Gasteiger partial charge in [-0.15, -0.1) is 11.3 Å². The van der Waals surface area contributed by atoms with E-state index in [1.165, 1.54) is 23.5 Å². The van der Waals surface area contributed by atoms with Crippen molar-refractivity contribution in [3.63, 3.8) is 0 Å². The van der Waals surface area contributed by atoms with E-state index in [1.807, 2.05) is 19.9 Å². The minimum Gasteiger partial charge on any atom is -0.310 e. The van der Waals surface area contributed by atoms with Gasteiger partial charge in [-0.3, -0.25) is 0 Å². The van der Waals surface area contributed by atoms with Crippen LogP contribution in [0.15, 0.2) is 24.3 Å². The molecule has 1 aromatic carbocycles. The molecule has 1 heterocycles. The molecule has 0 fully saturated rings. The molecule has 2 aromatic rings. The van der Waals surface area contributed by atoms with Gasteiger partial charge in [0.1, 0.15) is 11.6 Å². The Balaban J connectivity index is 2.41. The first kappa shape index (κ1) is 14.2. The Morgan fingerprint density at radius 3 is 2.63 bits per heavy atom. The lowest BCUT2D eigenvalue weighted by Crippen LogP contribution is -2.16. The molecule has 0 amide bonds. The van der Waals surface area contributed by atoms with Crippen LogP contribution >= 0.6 is 11.3 Å². The van der Waals surface area contributed by atoms with Crippen LogP contribution in [0.25, 0.3) is 10.4 Å². The predicted molar refractivity (Wildman–Crippen MR) is 76.5 cm³/mol. The van der Waals surface area contributed by atoms with Gasteiger partial charge in [0.05, 0.1) is 5.56 Å². The maximum Gasteiger partial charge on any atom is 0.137 e. The van der Waals surface area contributed by atoms with Crippen molar-refractivity contribution in [2.24, 2.45) is 0 Å². The van der Waals surface area contributed by atoms with Gasteiger partial charge >= 0.3 is 0 Å². The third-order valence-electron chi connectivity index (χ3n) is 3.09. The van der Waals surface area contributed by atoms with Crippen LogP contribution in [0.1, 0.15) is 30.3 Å². The maximum absolute atomic E-state index is 14.1. The van der Waals surface area contributed by atoms with Crippen molar-refractivity contribution >= 4 is 11.3 Å². The van der Waals surface area contributed by atoms with Crippen LogP contribution < -0.4 is 5.32 Å². The monoisotopic (exact) mass is 281 g/mol. The Labute approximate surface area is 116 Å². The summed E-state index contributed by atoms with van der Waals surface area (Å²) in [4.78, 5) is 1.72. The van der Waals surface area contributed by atoms with E-state index in [0.717, 1.165) is 11.4 Å². The van der Waals surface area contributed by atoms with E-state index >= 15 is 0 Å². The molecule has 0 aliphatic heterocycles. The average molecular weight is 281 g/mol. The van der Waals surface area contributed by atoms with E-state index < -0.39 is 11.6 Å². The van der Waals surface area contributed by atoms with Gasteiger partial charge in [-0.2, -0.15) is 0 Å². The molecule has 1 nitrogen and oxygen atoms in total. The molecular weight excluding hydrogens is 264 g/mol. The van der Waals surface area contributed by atoms with Crippen molar-refractivity contribution in [2.45, 2.75) is 26.8 Å². The fourth-order valence-electron chi connectivity index (χ4n) is 2.01. The zero-order valence-corrected chi connectivity index (χ0v) is 12.1. The number of benzene rings is 1. The van der Waals surface area contributed by atoms with Crippen molar-refractivity contribution in [2.75, 3.05) is 6.54 Å². The van der Waals surface area contributed by atoms with Gasteiger partial charge in [0, 0.05) is 15.8 Å². The summed E-state index contributed by atoms with van der Waals surface area (Å²) < 4.78 is 27.9. The van der Waals surface area contributed by atoms with Crippen molar-refractivity contribution in [1.29, 1.82) is 0 Å². The van der Waals surface area contributed by atoms with Crippen LogP contribution in [-0.2, 0) is 0 Å². The number of nitrogens with one attached hydrogen (secondary N) is 1. The number of hydrogen-bond acceptors (Lipinski definition) is 2. The second-order valence-electron chi connectivity index (χ2n) is 4.53. The fourth-order valence-corrected chi connectivity index (χ4v) is 3.08. The summed E-state index contributed by atoms with van der Waals surface area (Å²) in [5.74, 6) is -0.975. The van der Waals surface area contributed by atoms with Crippen molar-refractivity contribution < 1.29 is 8.78 Å². The zero-order chi connectivity index (χ0) is 14.0. The minimum atomic E-state index is -0.507. The molecule has 4 heteroatoms. The van der Waals surface area contributed by atoms with Crippen molar-refractivity contribution in [3.05, 3.63) is 46.3 Å².